The summed E-state index contributed by atoms with van der Waals surface area (Å²) < 4.78 is 0. The smallest absolute Gasteiger partial charge is 0.133 e. The van der Waals surface area contributed by atoms with Gasteiger partial charge in [0, 0.05) is 23.2 Å². The lowest BCUT2D eigenvalue weighted by atomic mass is 10.1. The maximum Gasteiger partial charge on any atom is 0.133 e. The van der Waals surface area contributed by atoms with Crippen molar-refractivity contribution >= 4 is 22.5 Å². The zero-order valence-corrected chi connectivity index (χ0v) is 9.59. The second kappa shape index (κ2) is 4.11. The molecule has 0 N–H and O–H groups in total. The Balaban J connectivity index is 2.18. The van der Waals surface area contributed by atoms with Crippen molar-refractivity contribution in [1.29, 1.82) is 0 Å². The van der Waals surface area contributed by atoms with Crippen LogP contribution >= 0.6 is 11.6 Å². The molecule has 0 saturated carbocycles. The molecule has 2 heterocycles. The minimum absolute atomic E-state index is 0.433. The van der Waals surface area contributed by atoms with Crippen LogP contribution < -0.4 is 0 Å². The van der Waals surface area contributed by atoms with E-state index in [1.54, 1.807) is 12.3 Å². The highest BCUT2D eigenvalue weighted by Crippen LogP contribution is 2.21. The Morgan fingerprint density at radius 3 is 2.71 bits per heavy atom. The van der Waals surface area contributed by atoms with Gasteiger partial charge in [-0.1, -0.05) is 29.8 Å². The minimum Gasteiger partial charge on any atom is -0.256 e. The molecule has 0 aliphatic heterocycles. The van der Waals surface area contributed by atoms with E-state index in [0.717, 1.165) is 22.2 Å². The standard InChI is InChI=1S/C13H8ClN3/c14-13-6-12(16-8-17-13)10-5-9-3-1-2-4-11(9)15-7-10/h1-8H. The first-order valence-electron chi connectivity index (χ1n) is 5.16. The van der Waals surface area contributed by atoms with Gasteiger partial charge in [0.2, 0.25) is 0 Å². The van der Waals surface area contributed by atoms with Crippen LogP contribution in [0.3, 0.4) is 0 Å². The molecule has 0 amide bonds. The molecule has 4 heteroatoms. The molecule has 3 aromatic rings. The average molecular weight is 242 g/mol. The summed E-state index contributed by atoms with van der Waals surface area (Å²) in [6.45, 7) is 0. The second-order valence-electron chi connectivity index (χ2n) is 3.64. The lowest BCUT2D eigenvalue weighted by molar-refractivity contribution is 1.17. The summed E-state index contributed by atoms with van der Waals surface area (Å²) in [5, 5.41) is 1.52. The van der Waals surface area contributed by atoms with Gasteiger partial charge in [-0.3, -0.25) is 4.98 Å². The number of benzene rings is 1. The molecule has 3 nitrogen and oxygen atoms in total. The van der Waals surface area contributed by atoms with Crippen LogP contribution in [0.2, 0.25) is 5.15 Å². The second-order valence-corrected chi connectivity index (χ2v) is 4.03. The summed E-state index contributed by atoms with van der Waals surface area (Å²) in [6.07, 6.45) is 3.24. The molecule has 0 unspecified atom stereocenters. The van der Waals surface area contributed by atoms with Crippen LogP contribution in [0.4, 0.5) is 0 Å². The van der Waals surface area contributed by atoms with Gasteiger partial charge in [-0.25, -0.2) is 9.97 Å². The largest absolute Gasteiger partial charge is 0.256 e. The number of halogens is 1. The molecule has 0 bridgehead atoms. The first kappa shape index (κ1) is 10.2. The van der Waals surface area contributed by atoms with Crippen LogP contribution in [-0.4, -0.2) is 15.0 Å². The number of nitrogens with zero attached hydrogens (tertiary/aromatic N) is 3. The van der Waals surface area contributed by atoms with E-state index in [1.807, 2.05) is 30.3 Å². The Morgan fingerprint density at radius 1 is 0.941 bits per heavy atom. The lowest BCUT2D eigenvalue weighted by Crippen LogP contribution is -1.87. The van der Waals surface area contributed by atoms with Gasteiger partial charge in [0.05, 0.1) is 11.2 Å². The maximum absolute atomic E-state index is 5.84. The Bertz CT molecular complexity index is 682. The molecule has 2 aromatic heterocycles. The van der Waals surface area contributed by atoms with Crippen molar-refractivity contribution in [2.45, 2.75) is 0 Å². The monoisotopic (exact) mass is 241 g/mol. The van der Waals surface area contributed by atoms with Crippen LogP contribution in [0.25, 0.3) is 22.2 Å². The average Bonchev–Trinajstić information content (AvgIpc) is 2.38. The van der Waals surface area contributed by atoms with Crippen LogP contribution in [-0.2, 0) is 0 Å². The van der Waals surface area contributed by atoms with Crippen molar-refractivity contribution in [1.82, 2.24) is 15.0 Å². The Morgan fingerprint density at radius 2 is 1.82 bits per heavy atom. The fourth-order valence-corrected chi connectivity index (χ4v) is 1.85. The molecular formula is C13H8ClN3. The van der Waals surface area contributed by atoms with E-state index in [1.165, 1.54) is 6.33 Å². The van der Waals surface area contributed by atoms with Gasteiger partial charge < -0.3 is 0 Å². The molecule has 3 rings (SSSR count). The normalized spacial score (nSPS) is 10.6. The third-order valence-electron chi connectivity index (χ3n) is 2.52. The van der Waals surface area contributed by atoms with Crippen LogP contribution in [0, 0.1) is 0 Å². The highest BCUT2D eigenvalue weighted by molar-refractivity contribution is 6.29. The third kappa shape index (κ3) is 1.97. The summed E-state index contributed by atoms with van der Waals surface area (Å²) >= 11 is 5.84. The number of fused-ring (bicyclic) bond motifs is 1. The minimum atomic E-state index is 0.433. The highest BCUT2D eigenvalue weighted by Gasteiger charge is 2.02. The van der Waals surface area contributed by atoms with Crippen LogP contribution in [0.15, 0.2) is 48.9 Å². The van der Waals surface area contributed by atoms with Gasteiger partial charge in [-0.05, 0) is 12.1 Å². The number of hydrogen-bond acceptors (Lipinski definition) is 3. The first-order chi connectivity index (χ1) is 8.33. The molecule has 1 aromatic carbocycles. The SMILES string of the molecule is Clc1cc(-c2cnc3ccccc3c2)ncn1. The molecule has 0 radical (unpaired) electrons. The number of rotatable bonds is 1. The number of hydrogen-bond donors (Lipinski definition) is 0. The number of pyridine rings is 1. The number of para-hydroxylation sites is 1. The highest BCUT2D eigenvalue weighted by atomic mass is 35.5. The van der Waals surface area contributed by atoms with Gasteiger partial charge in [-0.15, -0.1) is 0 Å². The molecule has 0 aliphatic rings. The Labute approximate surface area is 103 Å². The van der Waals surface area contributed by atoms with Gasteiger partial charge in [-0.2, -0.15) is 0 Å². The molecular weight excluding hydrogens is 234 g/mol. The van der Waals surface area contributed by atoms with E-state index in [9.17, 15) is 0 Å². The van der Waals surface area contributed by atoms with Crippen molar-refractivity contribution < 1.29 is 0 Å². The summed E-state index contributed by atoms with van der Waals surface area (Å²) in [6, 6.07) is 11.7. The van der Waals surface area contributed by atoms with Gasteiger partial charge >= 0.3 is 0 Å². The van der Waals surface area contributed by atoms with Gasteiger partial charge in [0.15, 0.2) is 0 Å². The van der Waals surface area contributed by atoms with Crippen LogP contribution in [0.1, 0.15) is 0 Å². The van der Waals surface area contributed by atoms with Crippen molar-refractivity contribution in [3.8, 4) is 11.3 Å². The molecule has 0 saturated heterocycles. The molecule has 0 spiro atoms. The molecule has 82 valence electrons. The predicted octanol–water partition coefficient (Wildman–Crippen LogP) is 3.35. The maximum atomic E-state index is 5.84. The topological polar surface area (TPSA) is 38.7 Å². The van der Waals surface area contributed by atoms with Crippen molar-refractivity contribution in [2.24, 2.45) is 0 Å². The van der Waals surface area contributed by atoms with E-state index < -0.39 is 0 Å². The van der Waals surface area contributed by atoms with E-state index in [4.69, 9.17) is 11.6 Å². The summed E-state index contributed by atoms with van der Waals surface area (Å²) in [5.41, 5.74) is 2.69. The molecule has 0 atom stereocenters. The van der Waals surface area contributed by atoms with Crippen LogP contribution in [0.5, 0.6) is 0 Å². The number of aromatic nitrogens is 3. The first-order valence-corrected chi connectivity index (χ1v) is 5.53. The van der Waals surface area contributed by atoms with E-state index in [2.05, 4.69) is 15.0 Å². The Kier molecular flexibility index (Phi) is 2.46. The van der Waals surface area contributed by atoms with E-state index in [0.29, 0.717) is 5.15 Å². The van der Waals surface area contributed by atoms with Crippen molar-refractivity contribution in [3.63, 3.8) is 0 Å². The summed E-state index contributed by atoms with van der Waals surface area (Å²) in [7, 11) is 0. The fraction of sp³-hybridized carbons (Fsp3) is 0. The molecule has 0 aliphatic carbocycles. The lowest BCUT2D eigenvalue weighted by Gasteiger charge is -2.02. The zero-order chi connectivity index (χ0) is 11.7. The quantitative estimate of drug-likeness (QED) is 0.614. The zero-order valence-electron chi connectivity index (χ0n) is 8.84. The van der Waals surface area contributed by atoms with Gasteiger partial charge in [0.1, 0.15) is 11.5 Å². The van der Waals surface area contributed by atoms with Gasteiger partial charge in [0.25, 0.3) is 0 Å². The predicted molar refractivity (Wildman–Crippen MR) is 67.8 cm³/mol. The Hall–Kier alpha value is -2.00. The summed E-state index contributed by atoms with van der Waals surface area (Å²) in [5.74, 6) is 0. The molecule has 0 fully saturated rings. The third-order valence-corrected chi connectivity index (χ3v) is 2.73. The molecule has 17 heavy (non-hydrogen) atoms. The fourth-order valence-electron chi connectivity index (χ4n) is 1.70. The van der Waals surface area contributed by atoms with E-state index in [-0.39, 0.29) is 0 Å². The van der Waals surface area contributed by atoms with Crippen molar-refractivity contribution in [3.05, 3.63) is 54.1 Å². The van der Waals surface area contributed by atoms with E-state index >= 15 is 0 Å². The van der Waals surface area contributed by atoms with Crippen molar-refractivity contribution in [2.75, 3.05) is 0 Å². The summed E-state index contributed by atoms with van der Waals surface area (Å²) in [4.78, 5) is 12.4.